The molecule has 0 radical (unpaired) electrons. The maximum Gasteiger partial charge on any atom is 0.203 e. The van der Waals surface area contributed by atoms with Crippen LogP contribution in [0.2, 0.25) is 5.22 Å². The van der Waals surface area contributed by atoms with Crippen LogP contribution in [0.3, 0.4) is 0 Å². The van der Waals surface area contributed by atoms with Gasteiger partial charge in [0.1, 0.15) is 0 Å². The van der Waals surface area contributed by atoms with Gasteiger partial charge >= 0.3 is 0 Å². The van der Waals surface area contributed by atoms with Gasteiger partial charge in [0.05, 0.1) is 11.8 Å². The quantitative estimate of drug-likeness (QED) is 0.548. The molecule has 1 heterocycles. The van der Waals surface area contributed by atoms with Gasteiger partial charge in [-0.15, -0.1) is 0 Å². The molecule has 70 valence electrons. The lowest BCUT2D eigenvalue weighted by Crippen LogP contribution is -1.98. The fraction of sp³-hybridized carbons (Fsp3) is 0.300. The van der Waals surface area contributed by atoms with Crippen molar-refractivity contribution in [3.8, 4) is 0 Å². The summed E-state index contributed by atoms with van der Waals surface area (Å²) in [6, 6.07) is 1.58. The average Bonchev–Trinajstić information content (AvgIpc) is 2.51. The predicted molar refractivity (Wildman–Crippen MR) is 52.1 cm³/mol. The molecular formula is C10H11ClO2. The number of allylic oxidation sites excluding steroid dienone is 1. The van der Waals surface area contributed by atoms with Gasteiger partial charge in [0, 0.05) is 6.42 Å². The SMILES string of the molecule is C=C(CC)CC(=O)c1ccoc1Cl. The van der Waals surface area contributed by atoms with Crippen LogP contribution in [0.15, 0.2) is 28.9 Å². The molecule has 2 nitrogen and oxygen atoms in total. The summed E-state index contributed by atoms with van der Waals surface area (Å²) < 4.78 is 4.82. The second kappa shape index (κ2) is 4.28. The number of hydrogen-bond acceptors (Lipinski definition) is 2. The molecule has 0 saturated carbocycles. The molecular weight excluding hydrogens is 188 g/mol. The summed E-state index contributed by atoms with van der Waals surface area (Å²) in [7, 11) is 0. The minimum atomic E-state index is -0.0365. The zero-order valence-corrected chi connectivity index (χ0v) is 8.23. The second-order valence-corrected chi connectivity index (χ2v) is 3.15. The van der Waals surface area contributed by atoms with Gasteiger partial charge in [0.25, 0.3) is 0 Å². The molecule has 0 atom stereocenters. The molecule has 0 aliphatic rings. The lowest BCUT2D eigenvalue weighted by atomic mass is 10.1. The van der Waals surface area contributed by atoms with Crippen molar-refractivity contribution in [1.82, 2.24) is 0 Å². The van der Waals surface area contributed by atoms with Gasteiger partial charge in [-0.25, -0.2) is 0 Å². The Kier molecular flexibility index (Phi) is 3.32. The van der Waals surface area contributed by atoms with E-state index < -0.39 is 0 Å². The van der Waals surface area contributed by atoms with Crippen molar-refractivity contribution >= 4 is 17.4 Å². The number of halogens is 1. The molecule has 0 spiro atoms. The van der Waals surface area contributed by atoms with Gasteiger partial charge in [-0.2, -0.15) is 0 Å². The number of Topliss-reactive ketones (excluding diaryl/α,β-unsaturated/α-hetero) is 1. The smallest absolute Gasteiger partial charge is 0.203 e. The summed E-state index contributed by atoms with van der Waals surface area (Å²) in [5, 5.41) is 0.161. The van der Waals surface area contributed by atoms with Gasteiger partial charge < -0.3 is 4.42 Å². The van der Waals surface area contributed by atoms with Crippen molar-refractivity contribution in [2.75, 3.05) is 0 Å². The Labute approximate surface area is 82.2 Å². The van der Waals surface area contributed by atoms with Gasteiger partial charge in [-0.3, -0.25) is 4.79 Å². The molecule has 0 fully saturated rings. The summed E-state index contributed by atoms with van der Waals surface area (Å²) in [4.78, 5) is 11.5. The van der Waals surface area contributed by atoms with E-state index in [9.17, 15) is 4.79 Å². The first-order chi connectivity index (χ1) is 6.15. The first kappa shape index (κ1) is 10.1. The number of furan rings is 1. The van der Waals surface area contributed by atoms with Crippen LogP contribution in [-0.4, -0.2) is 5.78 Å². The molecule has 0 unspecified atom stereocenters. The van der Waals surface area contributed by atoms with Crippen molar-refractivity contribution in [3.05, 3.63) is 35.3 Å². The first-order valence-corrected chi connectivity index (χ1v) is 4.45. The van der Waals surface area contributed by atoms with E-state index in [0.717, 1.165) is 12.0 Å². The summed E-state index contributed by atoms with van der Waals surface area (Å²) in [5.74, 6) is -0.0365. The molecule has 0 amide bonds. The fourth-order valence-electron chi connectivity index (χ4n) is 0.941. The predicted octanol–water partition coefficient (Wildman–Crippen LogP) is 3.47. The zero-order valence-electron chi connectivity index (χ0n) is 7.47. The molecule has 0 saturated heterocycles. The summed E-state index contributed by atoms with van der Waals surface area (Å²) >= 11 is 5.64. The van der Waals surface area contributed by atoms with E-state index in [1.165, 1.54) is 6.26 Å². The van der Waals surface area contributed by atoms with Crippen LogP contribution in [0.4, 0.5) is 0 Å². The normalized spacial score (nSPS) is 10.0. The van der Waals surface area contributed by atoms with E-state index in [0.29, 0.717) is 12.0 Å². The maximum atomic E-state index is 11.5. The Morgan fingerprint density at radius 2 is 2.38 bits per heavy atom. The largest absolute Gasteiger partial charge is 0.452 e. The number of carbonyl (C=O) groups excluding carboxylic acids is 1. The van der Waals surface area contributed by atoms with Crippen molar-refractivity contribution in [3.63, 3.8) is 0 Å². The molecule has 3 heteroatoms. The molecule has 1 aromatic heterocycles. The number of carbonyl (C=O) groups is 1. The summed E-state index contributed by atoms with van der Waals surface area (Å²) in [5.41, 5.74) is 1.35. The van der Waals surface area contributed by atoms with E-state index in [-0.39, 0.29) is 11.0 Å². The van der Waals surface area contributed by atoms with Crippen molar-refractivity contribution < 1.29 is 9.21 Å². The fourth-order valence-corrected chi connectivity index (χ4v) is 1.16. The topological polar surface area (TPSA) is 30.2 Å². The molecule has 0 N–H and O–H groups in total. The Bertz CT molecular complexity index is 325. The lowest BCUT2D eigenvalue weighted by molar-refractivity contribution is 0.0992. The third kappa shape index (κ3) is 2.46. The van der Waals surface area contributed by atoms with Crippen LogP contribution < -0.4 is 0 Å². The minimum absolute atomic E-state index is 0.0365. The van der Waals surface area contributed by atoms with E-state index >= 15 is 0 Å². The highest BCUT2D eigenvalue weighted by atomic mass is 35.5. The van der Waals surface area contributed by atoms with Crippen molar-refractivity contribution in [1.29, 1.82) is 0 Å². The minimum Gasteiger partial charge on any atom is -0.452 e. The average molecular weight is 199 g/mol. The van der Waals surface area contributed by atoms with Gasteiger partial charge in [-0.1, -0.05) is 19.1 Å². The number of rotatable bonds is 4. The Morgan fingerprint density at radius 1 is 1.69 bits per heavy atom. The van der Waals surface area contributed by atoms with Crippen LogP contribution in [0, 0.1) is 0 Å². The first-order valence-electron chi connectivity index (χ1n) is 4.08. The van der Waals surface area contributed by atoms with Crippen molar-refractivity contribution in [2.24, 2.45) is 0 Å². The summed E-state index contributed by atoms with van der Waals surface area (Å²) in [6.45, 7) is 5.72. The van der Waals surface area contributed by atoms with Crippen LogP contribution >= 0.6 is 11.6 Å². The van der Waals surface area contributed by atoms with Gasteiger partial charge in [0.2, 0.25) is 5.22 Å². The Hall–Kier alpha value is -1.02. The van der Waals surface area contributed by atoms with E-state index in [1.807, 2.05) is 6.92 Å². The van der Waals surface area contributed by atoms with Crippen LogP contribution in [0.25, 0.3) is 0 Å². The maximum absolute atomic E-state index is 11.5. The lowest BCUT2D eigenvalue weighted by Gasteiger charge is -1.99. The monoisotopic (exact) mass is 198 g/mol. The van der Waals surface area contributed by atoms with Crippen LogP contribution in [0.5, 0.6) is 0 Å². The van der Waals surface area contributed by atoms with Crippen LogP contribution in [-0.2, 0) is 0 Å². The van der Waals surface area contributed by atoms with Crippen LogP contribution in [0.1, 0.15) is 30.1 Å². The third-order valence-electron chi connectivity index (χ3n) is 1.83. The molecule has 0 aliphatic heterocycles. The van der Waals surface area contributed by atoms with Gasteiger partial charge in [-0.05, 0) is 24.1 Å². The highest BCUT2D eigenvalue weighted by Gasteiger charge is 2.12. The molecule has 0 aromatic carbocycles. The van der Waals surface area contributed by atoms with Crippen molar-refractivity contribution in [2.45, 2.75) is 19.8 Å². The van der Waals surface area contributed by atoms with E-state index in [1.54, 1.807) is 6.07 Å². The highest BCUT2D eigenvalue weighted by Crippen LogP contribution is 2.20. The Balaban J connectivity index is 2.69. The number of hydrogen-bond donors (Lipinski definition) is 0. The number of ketones is 1. The molecule has 0 aliphatic carbocycles. The molecule has 1 aromatic rings. The van der Waals surface area contributed by atoms with E-state index in [2.05, 4.69) is 6.58 Å². The molecule has 13 heavy (non-hydrogen) atoms. The second-order valence-electron chi connectivity index (χ2n) is 2.81. The molecule has 0 bridgehead atoms. The standard InChI is InChI=1S/C10H11ClO2/c1-3-7(2)6-9(12)8-4-5-13-10(8)11/h4-5H,2-3,6H2,1H3. The zero-order chi connectivity index (χ0) is 9.84. The molecule has 1 rings (SSSR count). The van der Waals surface area contributed by atoms with E-state index in [4.69, 9.17) is 16.0 Å². The highest BCUT2D eigenvalue weighted by molar-refractivity contribution is 6.32. The van der Waals surface area contributed by atoms with Gasteiger partial charge in [0.15, 0.2) is 5.78 Å². The summed E-state index contributed by atoms with van der Waals surface area (Å²) in [6.07, 6.45) is 2.56. The Morgan fingerprint density at radius 3 is 2.85 bits per heavy atom. The third-order valence-corrected chi connectivity index (χ3v) is 2.12.